The number of esters is 1. The number of halogens is 2. The number of rotatable bonds is 5. The van der Waals surface area contributed by atoms with Crippen molar-refractivity contribution in [3.8, 4) is 0 Å². The molecule has 0 radical (unpaired) electrons. The van der Waals surface area contributed by atoms with Crippen LogP contribution in [0.4, 0.5) is 11.4 Å². The van der Waals surface area contributed by atoms with Crippen LogP contribution in [0.5, 0.6) is 0 Å². The Hall–Kier alpha value is -2.24. The van der Waals surface area contributed by atoms with Gasteiger partial charge >= 0.3 is 5.97 Å². The highest BCUT2D eigenvalue weighted by Gasteiger charge is 2.23. The predicted octanol–water partition coefficient (Wildman–Crippen LogP) is 4.15. The number of anilines is 2. The van der Waals surface area contributed by atoms with Gasteiger partial charge in [0.2, 0.25) is 0 Å². The molecule has 0 aliphatic rings. The second kappa shape index (κ2) is 8.04. The average Bonchev–Trinajstić information content (AvgIpc) is 2.57. The maximum Gasteiger partial charge on any atom is 0.338 e. The number of carbonyl (C=O) groups is 2. The lowest BCUT2D eigenvalue weighted by Crippen LogP contribution is -2.32. The molecule has 2 aromatic carbocycles. The maximum atomic E-state index is 12.3. The molecule has 0 saturated carbocycles. The Morgan fingerprint density at radius 1 is 1.17 bits per heavy atom. The Balaban J connectivity index is 2.07. The Labute approximate surface area is 149 Å². The number of hydrogen-bond donors (Lipinski definition) is 2. The number of carbonyl (C=O) groups excluding carboxylic acids is 2. The first-order valence-corrected chi connectivity index (χ1v) is 7.99. The summed E-state index contributed by atoms with van der Waals surface area (Å²) >= 11 is 11.9. The highest BCUT2D eigenvalue weighted by Crippen LogP contribution is 2.29. The van der Waals surface area contributed by atoms with Crippen LogP contribution in [0.1, 0.15) is 23.7 Å². The summed E-state index contributed by atoms with van der Waals surface area (Å²) in [4.78, 5) is 24.4. The lowest BCUT2D eigenvalue weighted by molar-refractivity contribution is -0.124. The Bertz CT molecular complexity index is 748. The van der Waals surface area contributed by atoms with Crippen LogP contribution in [0.25, 0.3) is 0 Å². The summed E-state index contributed by atoms with van der Waals surface area (Å²) in [6.07, 6.45) is -0.643. The van der Waals surface area contributed by atoms with Gasteiger partial charge in [0.15, 0.2) is 6.10 Å². The molecule has 1 atom stereocenters. The molecule has 3 N–H and O–H groups in total. The number of benzene rings is 2. The molecule has 0 aliphatic heterocycles. The molecule has 0 heterocycles. The number of amides is 1. The van der Waals surface area contributed by atoms with Gasteiger partial charge in [0.25, 0.3) is 5.91 Å². The lowest BCUT2D eigenvalue weighted by Gasteiger charge is -2.17. The third kappa shape index (κ3) is 4.40. The van der Waals surface area contributed by atoms with Crippen LogP contribution >= 0.6 is 23.2 Å². The molecule has 1 unspecified atom stereocenters. The summed E-state index contributed by atoms with van der Waals surface area (Å²) < 4.78 is 5.26. The fourth-order valence-corrected chi connectivity index (χ4v) is 2.30. The molecule has 0 fully saturated rings. The number of nitrogen functional groups attached to an aromatic ring is 1. The van der Waals surface area contributed by atoms with E-state index in [2.05, 4.69) is 5.32 Å². The summed E-state index contributed by atoms with van der Waals surface area (Å²) in [6.45, 7) is 1.74. The molecule has 126 valence electrons. The van der Waals surface area contributed by atoms with Crippen molar-refractivity contribution in [2.75, 3.05) is 11.1 Å². The van der Waals surface area contributed by atoms with Crippen molar-refractivity contribution in [3.63, 3.8) is 0 Å². The molecule has 24 heavy (non-hydrogen) atoms. The van der Waals surface area contributed by atoms with Gasteiger partial charge in [-0.2, -0.15) is 0 Å². The van der Waals surface area contributed by atoms with Crippen LogP contribution in [-0.2, 0) is 9.53 Å². The van der Waals surface area contributed by atoms with Crippen LogP contribution in [0.15, 0.2) is 42.5 Å². The summed E-state index contributed by atoms with van der Waals surface area (Å²) in [5, 5.41) is 3.17. The predicted molar refractivity (Wildman–Crippen MR) is 95.4 cm³/mol. The van der Waals surface area contributed by atoms with E-state index in [0.29, 0.717) is 28.4 Å². The van der Waals surface area contributed by atoms with E-state index >= 15 is 0 Å². The topological polar surface area (TPSA) is 81.4 Å². The molecule has 2 rings (SSSR count). The van der Waals surface area contributed by atoms with Crippen molar-refractivity contribution in [2.45, 2.75) is 19.4 Å². The minimum Gasteiger partial charge on any atom is -0.449 e. The molecule has 7 heteroatoms. The fraction of sp³-hybridized carbons (Fsp3) is 0.176. The first kappa shape index (κ1) is 18.1. The third-order valence-corrected chi connectivity index (χ3v) is 4.09. The Morgan fingerprint density at radius 2 is 1.83 bits per heavy atom. The molecule has 2 aromatic rings. The lowest BCUT2D eigenvalue weighted by atomic mass is 10.2. The summed E-state index contributed by atoms with van der Waals surface area (Å²) in [5.41, 5.74) is 6.78. The van der Waals surface area contributed by atoms with Gasteiger partial charge in [0.1, 0.15) is 0 Å². The average molecular weight is 367 g/mol. The van der Waals surface area contributed by atoms with Gasteiger partial charge in [-0.1, -0.05) is 36.2 Å². The summed E-state index contributed by atoms with van der Waals surface area (Å²) in [5.74, 6) is -1.08. The second-order valence-corrected chi connectivity index (χ2v) is 5.80. The molecule has 0 aromatic heterocycles. The zero-order valence-electron chi connectivity index (χ0n) is 12.9. The van der Waals surface area contributed by atoms with Crippen molar-refractivity contribution in [1.29, 1.82) is 0 Å². The molecular weight excluding hydrogens is 351 g/mol. The second-order valence-electron chi connectivity index (χ2n) is 5.01. The standard InChI is InChI=1S/C17H16Cl2N2O3/c1-2-14(24-17(23)10-6-8-11(20)9-7-10)16(22)21-13-5-3-4-12(18)15(13)19/h3-9,14H,2,20H2,1H3,(H,21,22). The van der Waals surface area contributed by atoms with Crippen molar-refractivity contribution >= 4 is 46.5 Å². The Kier molecular flexibility index (Phi) is 6.06. The normalized spacial score (nSPS) is 11.6. The van der Waals surface area contributed by atoms with Crippen molar-refractivity contribution in [2.24, 2.45) is 0 Å². The van der Waals surface area contributed by atoms with Crippen LogP contribution in [0.3, 0.4) is 0 Å². The number of ether oxygens (including phenoxy) is 1. The van der Waals surface area contributed by atoms with Crippen molar-refractivity contribution < 1.29 is 14.3 Å². The molecular formula is C17H16Cl2N2O3. The van der Waals surface area contributed by atoms with Gasteiger partial charge in [0, 0.05) is 5.69 Å². The Morgan fingerprint density at radius 3 is 2.46 bits per heavy atom. The molecule has 0 aliphatic carbocycles. The van der Waals surface area contributed by atoms with Crippen LogP contribution in [0, 0.1) is 0 Å². The number of nitrogens with one attached hydrogen (secondary N) is 1. The largest absolute Gasteiger partial charge is 0.449 e. The van der Waals surface area contributed by atoms with Crippen LogP contribution in [-0.4, -0.2) is 18.0 Å². The van der Waals surface area contributed by atoms with E-state index in [-0.39, 0.29) is 5.02 Å². The smallest absolute Gasteiger partial charge is 0.338 e. The van der Waals surface area contributed by atoms with Crippen molar-refractivity contribution in [1.82, 2.24) is 0 Å². The first-order valence-electron chi connectivity index (χ1n) is 7.23. The van der Waals surface area contributed by atoms with Crippen LogP contribution < -0.4 is 11.1 Å². The van der Waals surface area contributed by atoms with Crippen molar-refractivity contribution in [3.05, 3.63) is 58.1 Å². The molecule has 1 amide bonds. The van der Waals surface area contributed by atoms with E-state index in [1.807, 2.05) is 0 Å². The SMILES string of the molecule is CCC(OC(=O)c1ccc(N)cc1)C(=O)Nc1cccc(Cl)c1Cl. The van der Waals surface area contributed by atoms with Gasteiger partial charge < -0.3 is 15.8 Å². The van der Waals surface area contributed by atoms with E-state index in [4.69, 9.17) is 33.7 Å². The number of nitrogens with two attached hydrogens (primary N) is 1. The summed E-state index contributed by atoms with van der Waals surface area (Å²) in [6, 6.07) is 11.1. The van der Waals surface area contributed by atoms with Gasteiger partial charge in [-0.25, -0.2) is 4.79 Å². The summed E-state index contributed by atoms with van der Waals surface area (Å²) in [7, 11) is 0. The first-order chi connectivity index (χ1) is 11.4. The van der Waals surface area contributed by atoms with Gasteiger partial charge in [-0.05, 0) is 42.8 Å². The molecule has 0 spiro atoms. The maximum absolute atomic E-state index is 12.3. The fourth-order valence-electron chi connectivity index (χ4n) is 1.95. The van der Waals surface area contributed by atoms with E-state index in [1.165, 1.54) is 12.1 Å². The molecule has 5 nitrogen and oxygen atoms in total. The molecule has 0 saturated heterocycles. The van der Waals surface area contributed by atoms with E-state index in [1.54, 1.807) is 37.3 Å². The zero-order valence-corrected chi connectivity index (χ0v) is 14.4. The highest BCUT2D eigenvalue weighted by atomic mass is 35.5. The minimum atomic E-state index is -0.954. The quantitative estimate of drug-likeness (QED) is 0.615. The third-order valence-electron chi connectivity index (χ3n) is 3.27. The monoisotopic (exact) mass is 366 g/mol. The van der Waals surface area contributed by atoms with E-state index < -0.39 is 18.0 Å². The van der Waals surface area contributed by atoms with Gasteiger partial charge in [-0.3, -0.25) is 4.79 Å². The molecule has 0 bridgehead atoms. The minimum absolute atomic E-state index is 0.229. The van der Waals surface area contributed by atoms with E-state index in [9.17, 15) is 9.59 Å². The van der Waals surface area contributed by atoms with Gasteiger partial charge in [0.05, 0.1) is 21.3 Å². The van der Waals surface area contributed by atoms with E-state index in [0.717, 1.165) is 0 Å². The van der Waals surface area contributed by atoms with Crippen LogP contribution in [0.2, 0.25) is 10.0 Å². The highest BCUT2D eigenvalue weighted by molar-refractivity contribution is 6.44. The van der Waals surface area contributed by atoms with Gasteiger partial charge in [-0.15, -0.1) is 0 Å². The zero-order chi connectivity index (χ0) is 17.7. The number of hydrogen-bond acceptors (Lipinski definition) is 4.